The highest BCUT2D eigenvalue weighted by Crippen LogP contribution is 2.27. The van der Waals surface area contributed by atoms with Crippen molar-refractivity contribution in [1.29, 1.82) is 0 Å². The number of pyridine rings is 2. The number of fused-ring (bicyclic) bond motifs is 1. The lowest BCUT2D eigenvalue weighted by Gasteiger charge is -2.30. The number of carbonyl (C=O) groups excluding carboxylic acids is 1. The topological polar surface area (TPSA) is 105 Å². The van der Waals surface area contributed by atoms with Gasteiger partial charge in [0.2, 0.25) is 0 Å². The van der Waals surface area contributed by atoms with Crippen LogP contribution in [0.1, 0.15) is 15.9 Å². The summed E-state index contributed by atoms with van der Waals surface area (Å²) in [6.45, 7) is 1.38. The van der Waals surface area contributed by atoms with Gasteiger partial charge in [0.15, 0.2) is 5.75 Å². The minimum absolute atomic E-state index is 0.0915. The molecule has 1 amide bonds. The van der Waals surface area contributed by atoms with Crippen molar-refractivity contribution in [1.82, 2.24) is 14.9 Å². The maximum Gasteiger partial charge on any atom is 0.265 e. The molecule has 2 N–H and O–H groups in total. The molecule has 3 aromatic rings. The van der Waals surface area contributed by atoms with Crippen LogP contribution < -0.4 is 5.56 Å². The first-order valence-electron chi connectivity index (χ1n) is 9.99. The Morgan fingerprint density at radius 3 is 2.97 bits per heavy atom. The Hall–Kier alpha value is -2.95. The third-order valence-electron chi connectivity index (χ3n) is 5.16. The SMILES string of the molecule is CSc1cc(F)ccc1CN(CC1COCCO1)C(=O)c1c(O)c2ncccc2[nH]c1=O. The lowest BCUT2D eigenvalue weighted by Crippen LogP contribution is -2.43. The number of H-pyrrole nitrogens is 1. The molecule has 4 rings (SSSR count). The first-order valence-corrected chi connectivity index (χ1v) is 11.2. The number of ether oxygens (including phenoxy) is 2. The van der Waals surface area contributed by atoms with Crippen molar-refractivity contribution in [3.63, 3.8) is 0 Å². The molecule has 1 aliphatic heterocycles. The van der Waals surface area contributed by atoms with Crippen LogP contribution in [-0.2, 0) is 16.0 Å². The average Bonchev–Trinajstić information content (AvgIpc) is 2.80. The largest absolute Gasteiger partial charge is 0.505 e. The summed E-state index contributed by atoms with van der Waals surface area (Å²) in [5, 5.41) is 10.7. The number of hydrogen-bond donors (Lipinski definition) is 2. The van der Waals surface area contributed by atoms with Crippen LogP contribution in [0.5, 0.6) is 5.75 Å². The van der Waals surface area contributed by atoms with Gasteiger partial charge in [-0.3, -0.25) is 14.6 Å². The number of carbonyl (C=O) groups is 1. The molecule has 1 saturated heterocycles. The number of benzene rings is 1. The molecular weight excluding hydrogens is 437 g/mol. The lowest BCUT2D eigenvalue weighted by atomic mass is 10.1. The number of aromatic amines is 1. The summed E-state index contributed by atoms with van der Waals surface area (Å²) >= 11 is 1.35. The monoisotopic (exact) mass is 459 g/mol. The van der Waals surface area contributed by atoms with Crippen molar-refractivity contribution >= 4 is 28.7 Å². The van der Waals surface area contributed by atoms with Crippen LogP contribution in [0.3, 0.4) is 0 Å². The van der Waals surface area contributed by atoms with Crippen molar-refractivity contribution in [3.8, 4) is 5.75 Å². The van der Waals surface area contributed by atoms with Crippen LogP contribution in [-0.4, -0.2) is 64.6 Å². The van der Waals surface area contributed by atoms with Gasteiger partial charge in [-0.25, -0.2) is 4.39 Å². The molecule has 1 atom stereocenters. The molecule has 1 aromatic carbocycles. The quantitative estimate of drug-likeness (QED) is 0.546. The third kappa shape index (κ3) is 4.62. The lowest BCUT2D eigenvalue weighted by molar-refractivity contribution is -0.0953. The molecule has 1 aliphatic rings. The minimum Gasteiger partial charge on any atom is -0.505 e. The van der Waals surface area contributed by atoms with Crippen LogP contribution in [0.25, 0.3) is 11.0 Å². The molecule has 0 radical (unpaired) electrons. The van der Waals surface area contributed by atoms with E-state index in [1.165, 1.54) is 35.0 Å². The highest BCUT2D eigenvalue weighted by atomic mass is 32.2. The van der Waals surface area contributed by atoms with Crippen LogP contribution in [0.15, 0.2) is 46.2 Å². The van der Waals surface area contributed by atoms with Gasteiger partial charge in [0.1, 0.15) is 16.9 Å². The molecule has 1 unspecified atom stereocenters. The zero-order chi connectivity index (χ0) is 22.7. The third-order valence-corrected chi connectivity index (χ3v) is 5.98. The summed E-state index contributed by atoms with van der Waals surface area (Å²) in [7, 11) is 0. The number of halogens is 1. The Morgan fingerprint density at radius 1 is 1.38 bits per heavy atom. The second kappa shape index (κ2) is 9.68. The van der Waals surface area contributed by atoms with Gasteiger partial charge in [0.05, 0.1) is 31.4 Å². The normalized spacial score (nSPS) is 16.2. The van der Waals surface area contributed by atoms with Crippen molar-refractivity contribution in [2.75, 3.05) is 32.6 Å². The van der Waals surface area contributed by atoms with E-state index in [-0.39, 0.29) is 24.4 Å². The zero-order valence-electron chi connectivity index (χ0n) is 17.3. The predicted molar refractivity (Wildman–Crippen MR) is 118 cm³/mol. The first kappa shape index (κ1) is 22.3. The van der Waals surface area contributed by atoms with Crippen LogP contribution in [0, 0.1) is 5.82 Å². The number of aromatic nitrogens is 2. The van der Waals surface area contributed by atoms with E-state index in [2.05, 4.69) is 9.97 Å². The number of rotatable bonds is 6. The summed E-state index contributed by atoms with van der Waals surface area (Å²) in [6.07, 6.45) is 2.88. The highest BCUT2D eigenvalue weighted by Gasteiger charge is 2.28. The molecule has 10 heteroatoms. The van der Waals surface area contributed by atoms with E-state index in [1.54, 1.807) is 18.2 Å². The molecule has 3 heterocycles. The maximum absolute atomic E-state index is 13.7. The number of amides is 1. The summed E-state index contributed by atoms with van der Waals surface area (Å²) in [4.78, 5) is 35.0. The van der Waals surface area contributed by atoms with Crippen molar-refractivity contribution < 1.29 is 23.8 Å². The number of nitrogens with one attached hydrogen (secondary N) is 1. The summed E-state index contributed by atoms with van der Waals surface area (Å²) in [5.41, 5.74) is 0.0344. The second-order valence-corrected chi connectivity index (χ2v) is 8.13. The van der Waals surface area contributed by atoms with E-state index >= 15 is 0 Å². The van der Waals surface area contributed by atoms with Gasteiger partial charge >= 0.3 is 0 Å². The Bertz CT molecular complexity index is 1200. The molecule has 8 nitrogen and oxygen atoms in total. The maximum atomic E-state index is 13.7. The summed E-state index contributed by atoms with van der Waals surface area (Å²) < 4.78 is 24.8. The van der Waals surface area contributed by atoms with E-state index in [0.717, 1.165) is 0 Å². The van der Waals surface area contributed by atoms with Gasteiger partial charge in [-0.2, -0.15) is 0 Å². The van der Waals surface area contributed by atoms with E-state index in [0.29, 0.717) is 35.8 Å². The zero-order valence-corrected chi connectivity index (χ0v) is 18.2. The van der Waals surface area contributed by atoms with Gasteiger partial charge in [-0.1, -0.05) is 6.07 Å². The smallest absolute Gasteiger partial charge is 0.265 e. The number of aromatic hydroxyl groups is 1. The Labute approximate surface area is 187 Å². The average molecular weight is 459 g/mol. The van der Waals surface area contributed by atoms with Crippen molar-refractivity contribution in [2.45, 2.75) is 17.5 Å². The van der Waals surface area contributed by atoms with Crippen molar-refractivity contribution in [3.05, 3.63) is 63.8 Å². The fourth-order valence-corrected chi connectivity index (χ4v) is 4.25. The molecule has 1 fully saturated rings. The summed E-state index contributed by atoms with van der Waals surface area (Å²) in [6, 6.07) is 7.53. The Morgan fingerprint density at radius 2 is 2.22 bits per heavy atom. The molecule has 32 heavy (non-hydrogen) atoms. The Balaban J connectivity index is 1.73. The first-order chi connectivity index (χ1) is 15.5. The fourth-order valence-electron chi connectivity index (χ4n) is 3.62. The summed E-state index contributed by atoms with van der Waals surface area (Å²) in [5.74, 6) is -1.54. The van der Waals surface area contributed by atoms with Gasteiger partial charge < -0.3 is 24.5 Å². The fraction of sp³-hybridized carbons (Fsp3) is 0.318. The highest BCUT2D eigenvalue weighted by molar-refractivity contribution is 7.98. The van der Waals surface area contributed by atoms with Gasteiger partial charge in [-0.15, -0.1) is 11.8 Å². The van der Waals surface area contributed by atoms with E-state index in [9.17, 15) is 19.1 Å². The van der Waals surface area contributed by atoms with Gasteiger partial charge in [-0.05, 0) is 36.1 Å². The van der Waals surface area contributed by atoms with E-state index in [4.69, 9.17) is 9.47 Å². The van der Waals surface area contributed by atoms with E-state index < -0.39 is 28.9 Å². The second-order valence-electron chi connectivity index (χ2n) is 7.29. The van der Waals surface area contributed by atoms with Gasteiger partial charge in [0.25, 0.3) is 11.5 Å². The van der Waals surface area contributed by atoms with Crippen molar-refractivity contribution in [2.24, 2.45) is 0 Å². The number of hydrogen-bond acceptors (Lipinski definition) is 7. The van der Waals surface area contributed by atoms with E-state index in [1.807, 2.05) is 6.26 Å². The van der Waals surface area contributed by atoms with Crippen LogP contribution in [0.2, 0.25) is 0 Å². The molecule has 0 aliphatic carbocycles. The Kier molecular flexibility index (Phi) is 6.73. The molecule has 168 valence electrons. The number of nitrogens with zero attached hydrogens (tertiary/aromatic N) is 2. The number of thioether (sulfide) groups is 1. The molecule has 2 aromatic heterocycles. The van der Waals surface area contributed by atoms with Crippen LogP contribution in [0.4, 0.5) is 4.39 Å². The molecule has 0 saturated carbocycles. The standard InChI is InChI=1S/C22H22FN3O5S/c1-32-17-9-14(23)5-4-13(17)10-26(11-15-12-30-7-8-31-15)22(29)18-20(27)19-16(25-21(18)28)3-2-6-24-19/h2-6,9,15H,7-8,10-12H2,1H3,(H2,25,27,28). The molecular formula is C22H22FN3O5S. The molecule has 0 bridgehead atoms. The van der Waals surface area contributed by atoms with Crippen LogP contribution >= 0.6 is 11.8 Å². The minimum atomic E-state index is -0.719. The molecule has 0 spiro atoms. The van der Waals surface area contributed by atoms with Gasteiger partial charge in [0, 0.05) is 24.2 Å². The predicted octanol–water partition coefficient (Wildman–Crippen LogP) is 2.55.